The Kier molecular flexibility index (Phi) is 3.81. The molecule has 1 atom stereocenters. The van der Waals surface area contributed by atoms with Crippen LogP contribution in [0.3, 0.4) is 0 Å². The third-order valence-corrected chi connectivity index (χ3v) is 4.47. The number of carbonyl (C=O) groups excluding carboxylic acids is 1. The van der Waals surface area contributed by atoms with Gasteiger partial charge in [-0.1, -0.05) is 11.6 Å². The van der Waals surface area contributed by atoms with Crippen LogP contribution in [0.2, 0.25) is 5.02 Å². The third kappa shape index (κ3) is 2.60. The summed E-state index contributed by atoms with van der Waals surface area (Å²) in [6.45, 7) is 3.39. The van der Waals surface area contributed by atoms with Crippen LogP contribution in [0.15, 0.2) is 12.1 Å². The second-order valence-corrected chi connectivity index (χ2v) is 5.80. The molecule has 0 bridgehead atoms. The van der Waals surface area contributed by atoms with Crippen molar-refractivity contribution in [3.63, 3.8) is 0 Å². The zero-order valence-electron chi connectivity index (χ0n) is 11.6. The van der Waals surface area contributed by atoms with E-state index < -0.39 is 0 Å². The number of pyridine rings is 1. The molecule has 1 N–H and O–H groups in total. The Morgan fingerprint density at radius 1 is 1.45 bits per heavy atom. The van der Waals surface area contributed by atoms with E-state index in [0.29, 0.717) is 23.4 Å². The second kappa shape index (κ2) is 5.58. The van der Waals surface area contributed by atoms with Gasteiger partial charge in [-0.05, 0) is 18.6 Å². The van der Waals surface area contributed by atoms with E-state index in [1.807, 2.05) is 24.1 Å². The highest BCUT2D eigenvalue weighted by Crippen LogP contribution is 2.25. The van der Waals surface area contributed by atoms with E-state index in [2.05, 4.69) is 15.2 Å². The molecule has 1 aromatic rings. The van der Waals surface area contributed by atoms with Crippen molar-refractivity contribution in [3.8, 4) is 0 Å². The quantitative estimate of drug-likeness (QED) is 0.920. The van der Waals surface area contributed by atoms with Gasteiger partial charge in [0.25, 0.3) is 0 Å². The van der Waals surface area contributed by atoms with Gasteiger partial charge in [-0.3, -0.25) is 9.69 Å². The maximum Gasteiger partial charge on any atom is 0.222 e. The lowest BCUT2D eigenvalue weighted by Gasteiger charge is -2.37. The molecule has 0 aliphatic carbocycles. The van der Waals surface area contributed by atoms with Gasteiger partial charge < -0.3 is 10.2 Å². The minimum Gasteiger partial charge on any atom is -0.373 e. The number of rotatable bonds is 3. The van der Waals surface area contributed by atoms with Gasteiger partial charge in [-0.25, -0.2) is 4.98 Å². The van der Waals surface area contributed by atoms with E-state index in [1.165, 1.54) is 0 Å². The van der Waals surface area contributed by atoms with E-state index in [1.54, 1.807) is 0 Å². The number of aromatic nitrogens is 1. The minimum absolute atomic E-state index is 0.308. The van der Waals surface area contributed by atoms with E-state index in [9.17, 15) is 4.79 Å². The summed E-state index contributed by atoms with van der Waals surface area (Å²) in [7, 11) is 1.85. The summed E-state index contributed by atoms with van der Waals surface area (Å²) in [4.78, 5) is 20.6. The van der Waals surface area contributed by atoms with Gasteiger partial charge in [0.05, 0.1) is 10.7 Å². The van der Waals surface area contributed by atoms with Gasteiger partial charge in [0.2, 0.25) is 5.91 Å². The average Bonchev–Trinajstić information content (AvgIpc) is 2.82. The Labute approximate surface area is 123 Å². The maximum atomic E-state index is 11.7. The SMILES string of the molecule is CNc1ccc(Cl)c(CN2CCN3C(=O)CCC3C2)n1. The normalized spacial score (nSPS) is 23.0. The Morgan fingerprint density at radius 2 is 2.30 bits per heavy atom. The van der Waals surface area contributed by atoms with Crippen LogP contribution in [-0.4, -0.2) is 53.4 Å². The molecular weight excluding hydrogens is 276 g/mol. The summed E-state index contributed by atoms with van der Waals surface area (Å²) in [5, 5.41) is 3.74. The third-order valence-electron chi connectivity index (χ3n) is 4.13. The van der Waals surface area contributed by atoms with Crippen LogP contribution in [0.25, 0.3) is 0 Å². The van der Waals surface area contributed by atoms with Crippen molar-refractivity contribution in [2.24, 2.45) is 0 Å². The molecular formula is C14H19ClN4O. The van der Waals surface area contributed by atoms with Crippen molar-refractivity contribution in [3.05, 3.63) is 22.8 Å². The summed E-state index contributed by atoms with van der Waals surface area (Å²) in [6, 6.07) is 4.13. The van der Waals surface area contributed by atoms with E-state index in [4.69, 9.17) is 11.6 Å². The molecule has 5 nitrogen and oxygen atoms in total. The lowest BCUT2D eigenvalue weighted by Crippen LogP contribution is -2.51. The summed E-state index contributed by atoms with van der Waals surface area (Å²) in [6.07, 6.45) is 1.68. The number of fused-ring (bicyclic) bond motifs is 1. The average molecular weight is 295 g/mol. The number of carbonyl (C=O) groups is 1. The lowest BCUT2D eigenvalue weighted by molar-refractivity contribution is -0.130. The van der Waals surface area contributed by atoms with Crippen LogP contribution in [0.1, 0.15) is 18.5 Å². The standard InChI is InChI=1S/C14H19ClN4O/c1-16-13-4-3-11(15)12(17-13)9-18-6-7-19-10(8-18)2-5-14(19)20/h3-4,10H,2,5-9H2,1H3,(H,16,17). The molecule has 1 aromatic heterocycles. The first-order valence-electron chi connectivity index (χ1n) is 7.02. The molecule has 108 valence electrons. The van der Waals surface area contributed by atoms with Crippen LogP contribution < -0.4 is 5.32 Å². The number of nitrogens with zero attached hydrogens (tertiary/aromatic N) is 3. The molecule has 0 radical (unpaired) electrons. The first-order chi connectivity index (χ1) is 9.67. The number of anilines is 1. The molecule has 2 aliphatic heterocycles. The van der Waals surface area contributed by atoms with Crippen molar-refractivity contribution in [2.45, 2.75) is 25.4 Å². The summed E-state index contributed by atoms with van der Waals surface area (Å²) in [5.74, 6) is 1.14. The summed E-state index contributed by atoms with van der Waals surface area (Å²) in [5.41, 5.74) is 0.899. The highest BCUT2D eigenvalue weighted by atomic mass is 35.5. The van der Waals surface area contributed by atoms with Crippen molar-refractivity contribution in [2.75, 3.05) is 32.0 Å². The second-order valence-electron chi connectivity index (χ2n) is 5.39. The van der Waals surface area contributed by atoms with Gasteiger partial charge in [0.1, 0.15) is 5.82 Å². The Hall–Kier alpha value is -1.33. The Bertz CT molecular complexity index is 522. The fraction of sp³-hybridized carbons (Fsp3) is 0.571. The molecule has 3 heterocycles. The predicted octanol–water partition coefficient (Wildman–Crippen LogP) is 1.58. The minimum atomic E-state index is 0.308. The molecule has 6 heteroatoms. The van der Waals surface area contributed by atoms with E-state index in [0.717, 1.165) is 44.1 Å². The van der Waals surface area contributed by atoms with Crippen molar-refractivity contribution < 1.29 is 4.79 Å². The topological polar surface area (TPSA) is 48.5 Å². The molecule has 1 amide bonds. The molecule has 0 saturated carbocycles. The number of hydrogen-bond acceptors (Lipinski definition) is 4. The molecule has 2 fully saturated rings. The Balaban J connectivity index is 1.68. The molecule has 3 rings (SSSR count). The fourth-order valence-corrected chi connectivity index (χ4v) is 3.18. The van der Waals surface area contributed by atoms with Crippen LogP contribution >= 0.6 is 11.6 Å². The predicted molar refractivity (Wildman–Crippen MR) is 78.8 cm³/mol. The van der Waals surface area contributed by atoms with Gasteiger partial charge in [0.15, 0.2) is 0 Å². The van der Waals surface area contributed by atoms with Crippen LogP contribution in [0.5, 0.6) is 0 Å². The van der Waals surface area contributed by atoms with Crippen LogP contribution in [0, 0.1) is 0 Å². The van der Waals surface area contributed by atoms with Crippen molar-refractivity contribution >= 4 is 23.3 Å². The first kappa shape index (κ1) is 13.6. The van der Waals surface area contributed by atoms with Gasteiger partial charge in [-0.15, -0.1) is 0 Å². The monoisotopic (exact) mass is 294 g/mol. The van der Waals surface area contributed by atoms with Crippen LogP contribution in [0.4, 0.5) is 5.82 Å². The van der Waals surface area contributed by atoms with Gasteiger partial charge >= 0.3 is 0 Å². The summed E-state index contributed by atoms with van der Waals surface area (Å²) < 4.78 is 0. The van der Waals surface area contributed by atoms with Gasteiger partial charge in [-0.2, -0.15) is 0 Å². The molecule has 2 aliphatic rings. The molecule has 0 spiro atoms. The number of amides is 1. The lowest BCUT2D eigenvalue weighted by atomic mass is 10.1. The molecule has 1 unspecified atom stereocenters. The van der Waals surface area contributed by atoms with Crippen LogP contribution in [-0.2, 0) is 11.3 Å². The smallest absolute Gasteiger partial charge is 0.222 e. The highest BCUT2D eigenvalue weighted by molar-refractivity contribution is 6.31. The zero-order chi connectivity index (χ0) is 14.1. The highest BCUT2D eigenvalue weighted by Gasteiger charge is 2.35. The summed E-state index contributed by atoms with van der Waals surface area (Å²) >= 11 is 6.23. The maximum absolute atomic E-state index is 11.7. The van der Waals surface area contributed by atoms with Crippen molar-refractivity contribution in [1.82, 2.24) is 14.8 Å². The van der Waals surface area contributed by atoms with E-state index in [-0.39, 0.29) is 0 Å². The van der Waals surface area contributed by atoms with Gasteiger partial charge in [0, 0.05) is 45.7 Å². The number of piperazine rings is 1. The molecule has 2 saturated heterocycles. The zero-order valence-corrected chi connectivity index (χ0v) is 12.4. The largest absolute Gasteiger partial charge is 0.373 e. The fourth-order valence-electron chi connectivity index (χ4n) is 3.02. The first-order valence-corrected chi connectivity index (χ1v) is 7.40. The Morgan fingerprint density at radius 3 is 3.10 bits per heavy atom. The van der Waals surface area contributed by atoms with E-state index >= 15 is 0 Å². The number of nitrogens with one attached hydrogen (secondary N) is 1. The number of hydrogen-bond donors (Lipinski definition) is 1. The number of halogens is 1. The van der Waals surface area contributed by atoms with Crippen molar-refractivity contribution in [1.29, 1.82) is 0 Å². The molecule has 20 heavy (non-hydrogen) atoms. The molecule has 0 aromatic carbocycles.